The highest BCUT2D eigenvalue weighted by atomic mass is 19.3. The summed E-state index contributed by atoms with van der Waals surface area (Å²) in [5.74, 6) is 0.976. The van der Waals surface area contributed by atoms with Gasteiger partial charge in [-0.3, -0.25) is 4.79 Å². The fourth-order valence-electron chi connectivity index (χ4n) is 2.09. The predicted octanol–water partition coefficient (Wildman–Crippen LogP) is 3.67. The standard InChI is InChI=1S/C17H13F2NO4/c18-17(19)24-13-5-3-12(4-6-13)20-16(21)8-2-11-1-7-14-15(9-11)23-10-22-14/h1-9,17H,10H2,(H,20,21)/b8-2+. The minimum atomic E-state index is -2.88. The summed E-state index contributed by atoms with van der Waals surface area (Å²) in [4.78, 5) is 11.9. The fraction of sp³-hybridized carbons (Fsp3) is 0.118. The Balaban J connectivity index is 1.59. The molecule has 0 atom stereocenters. The third kappa shape index (κ3) is 4.01. The number of alkyl halides is 2. The second kappa shape index (κ2) is 6.99. The predicted molar refractivity (Wildman–Crippen MR) is 83.3 cm³/mol. The van der Waals surface area contributed by atoms with Crippen molar-refractivity contribution in [3.63, 3.8) is 0 Å². The highest BCUT2D eigenvalue weighted by molar-refractivity contribution is 6.01. The van der Waals surface area contributed by atoms with Crippen LogP contribution < -0.4 is 19.5 Å². The molecule has 2 aromatic carbocycles. The van der Waals surface area contributed by atoms with E-state index in [2.05, 4.69) is 10.1 Å². The third-order valence-electron chi connectivity index (χ3n) is 3.17. The molecule has 0 fully saturated rings. The second-order valence-electron chi connectivity index (χ2n) is 4.84. The maximum atomic E-state index is 12.1. The molecule has 1 N–H and O–H groups in total. The van der Waals surface area contributed by atoms with E-state index in [0.29, 0.717) is 17.2 Å². The Morgan fingerprint density at radius 2 is 1.88 bits per heavy atom. The molecule has 7 heteroatoms. The topological polar surface area (TPSA) is 56.8 Å². The first-order chi connectivity index (χ1) is 11.6. The van der Waals surface area contributed by atoms with Crippen LogP contribution in [0, 0.1) is 0 Å². The zero-order valence-corrected chi connectivity index (χ0v) is 12.4. The lowest BCUT2D eigenvalue weighted by molar-refractivity contribution is -0.111. The lowest BCUT2D eigenvalue weighted by Crippen LogP contribution is -2.08. The Kier molecular flexibility index (Phi) is 4.60. The van der Waals surface area contributed by atoms with Gasteiger partial charge in [0.25, 0.3) is 0 Å². The third-order valence-corrected chi connectivity index (χ3v) is 3.17. The van der Waals surface area contributed by atoms with Gasteiger partial charge in [0, 0.05) is 11.8 Å². The molecule has 1 amide bonds. The first-order valence-electron chi connectivity index (χ1n) is 7.04. The molecule has 3 rings (SSSR count). The number of anilines is 1. The number of carbonyl (C=O) groups excluding carboxylic acids is 1. The number of rotatable bonds is 5. The van der Waals surface area contributed by atoms with Gasteiger partial charge in [0.15, 0.2) is 11.5 Å². The zero-order chi connectivity index (χ0) is 16.9. The number of hydrogen-bond acceptors (Lipinski definition) is 4. The molecule has 0 unspecified atom stereocenters. The van der Waals surface area contributed by atoms with Crippen molar-refractivity contribution in [3.05, 3.63) is 54.1 Å². The van der Waals surface area contributed by atoms with E-state index in [1.807, 2.05) is 0 Å². The second-order valence-corrected chi connectivity index (χ2v) is 4.84. The normalized spacial score (nSPS) is 12.6. The van der Waals surface area contributed by atoms with E-state index < -0.39 is 6.61 Å². The summed E-state index contributed by atoms with van der Waals surface area (Å²) in [5.41, 5.74) is 1.26. The molecule has 1 aliphatic rings. The molecular weight excluding hydrogens is 320 g/mol. The maximum absolute atomic E-state index is 12.1. The monoisotopic (exact) mass is 333 g/mol. The maximum Gasteiger partial charge on any atom is 0.387 e. The summed E-state index contributed by atoms with van der Waals surface area (Å²) in [7, 11) is 0. The SMILES string of the molecule is O=C(/C=C/c1ccc2c(c1)OCO2)Nc1ccc(OC(F)F)cc1. The Morgan fingerprint density at radius 1 is 1.12 bits per heavy atom. The van der Waals surface area contributed by atoms with Crippen molar-refractivity contribution < 1.29 is 27.8 Å². The van der Waals surface area contributed by atoms with E-state index in [-0.39, 0.29) is 18.4 Å². The molecule has 0 aliphatic carbocycles. The summed E-state index contributed by atoms with van der Waals surface area (Å²) in [6.07, 6.45) is 2.99. The first-order valence-corrected chi connectivity index (χ1v) is 7.04. The number of benzene rings is 2. The van der Waals surface area contributed by atoms with Crippen molar-refractivity contribution in [2.75, 3.05) is 12.1 Å². The molecule has 124 valence electrons. The van der Waals surface area contributed by atoms with E-state index in [0.717, 1.165) is 5.56 Å². The molecule has 0 bridgehead atoms. The molecule has 1 heterocycles. The molecule has 24 heavy (non-hydrogen) atoms. The Labute approximate surface area is 136 Å². The molecule has 1 aliphatic heterocycles. The minimum absolute atomic E-state index is 0.0268. The quantitative estimate of drug-likeness (QED) is 0.848. The molecule has 0 saturated heterocycles. The number of ether oxygens (including phenoxy) is 3. The van der Waals surface area contributed by atoms with Crippen LogP contribution in [0.15, 0.2) is 48.5 Å². The number of hydrogen-bond donors (Lipinski definition) is 1. The van der Waals surface area contributed by atoms with Gasteiger partial charge in [0.1, 0.15) is 5.75 Å². The van der Waals surface area contributed by atoms with Gasteiger partial charge in [-0.05, 0) is 48.0 Å². The van der Waals surface area contributed by atoms with Crippen LogP contribution in [0.4, 0.5) is 14.5 Å². The van der Waals surface area contributed by atoms with Crippen molar-refractivity contribution >= 4 is 17.7 Å². The summed E-state index contributed by atoms with van der Waals surface area (Å²) in [6.45, 7) is -2.69. The average Bonchev–Trinajstić information content (AvgIpc) is 3.02. The Bertz CT molecular complexity index is 760. The summed E-state index contributed by atoms with van der Waals surface area (Å²) < 4.78 is 38.8. The van der Waals surface area contributed by atoms with Crippen LogP contribution in [0.3, 0.4) is 0 Å². The van der Waals surface area contributed by atoms with Gasteiger partial charge in [-0.1, -0.05) is 6.07 Å². The van der Waals surface area contributed by atoms with Gasteiger partial charge in [0.05, 0.1) is 0 Å². The molecule has 5 nitrogen and oxygen atoms in total. The Morgan fingerprint density at radius 3 is 2.62 bits per heavy atom. The first kappa shape index (κ1) is 15.8. The highest BCUT2D eigenvalue weighted by Gasteiger charge is 2.12. The highest BCUT2D eigenvalue weighted by Crippen LogP contribution is 2.32. The number of amides is 1. The molecule has 0 saturated carbocycles. The van der Waals surface area contributed by atoms with Crippen LogP contribution in [0.1, 0.15) is 5.56 Å². The van der Waals surface area contributed by atoms with Gasteiger partial charge in [-0.2, -0.15) is 8.78 Å². The molecule has 0 radical (unpaired) electrons. The van der Waals surface area contributed by atoms with Crippen molar-refractivity contribution in [2.24, 2.45) is 0 Å². The van der Waals surface area contributed by atoms with Crippen LogP contribution in [0.25, 0.3) is 6.08 Å². The summed E-state index contributed by atoms with van der Waals surface area (Å²) >= 11 is 0. The average molecular weight is 333 g/mol. The van der Waals surface area contributed by atoms with Crippen molar-refractivity contribution in [1.82, 2.24) is 0 Å². The van der Waals surface area contributed by atoms with E-state index in [9.17, 15) is 13.6 Å². The Hall–Kier alpha value is -3.09. The molecular formula is C17H13F2NO4. The number of halogens is 2. The summed E-state index contributed by atoms with van der Waals surface area (Å²) in [5, 5.41) is 2.62. The van der Waals surface area contributed by atoms with Crippen LogP contribution >= 0.6 is 0 Å². The van der Waals surface area contributed by atoms with Gasteiger partial charge in [-0.25, -0.2) is 0 Å². The molecule has 0 spiro atoms. The van der Waals surface area contributed by atoms with Crippen molar-refractivity contribution in [3.8, 4) is 17.2 Å². The largest absolute Gasteiger partial charge is 0.454 e. The zero-order valence-electron chi connectivity index (χ0n) is 12.4. The lowest BCUT2D eigenvalue weighted by atomic mass is 10.2. The van der Waals surface area contributed by atoms with Crippen molar-refractivity contribution in [2.45, 2.75) is 6.61 Å². The van der Waals surface area contributed by atoms with Crippen LogP contribution in [-0.2, 0) is 4.79 Å². The molecule has 2 aromatic rings. The summed E-state index contributed by atoms with van der Waals surface area (Å²) in [6, 6.07) is 11.0. The lowest BCUT2D eigenvalue weighted by Gasteiger charge is -2.06. The fourth-order valence-corrected chi connectivity index (χ4v) is 2.09. The van der Waals surface area contributed by atoms with Crippen LogP contribution in [0.2, 0.25) is 0 Å². The molecule has 0 aromatic heterocycles. The van der Waals surface area contributed by atoms with Gasteiger partial charge in [0.2, 0.25) is 12.7 Å². The number of carbonyl (C=O) groups is 1. The van der Waals surface area contributed by atoms with Gasteiger partial charge < -0.3 is 19.5 Å². The van der Waals surface area contributed by atoms with Gasteiger partial charge in [-0.15, -0.1) is 0 Å². The van der Waals surface area contributed by atoms with Gasteiger partial charge >= 0.3 is 6.61 Å². The van der Waals surface area contributed by atoms with Crippen LogP contribution in [0.5, 0.6) is 17.2 Å². The van der Waals surface area contributed by atoms with Crippen LogP contribution in [-0.4, -0.2) is 19.3 Å². The minimum Gasteiger partial charge on any atom is -0.454 e. The van der Waals surface area contributed by atoms with E-state index >= 15 is 0 Å². The van der Waals surface area contributed by atoms with E-state index in [1.165, 1.54) is 30.3 Å². The van der Waals surface area contributed by atoms with Crippen molar-refractivity contribution in [1.29, 1.82) is 0 Å². The number of nitrogens with one attached hydrogen (secondary N) is 1. The van der Waals surface area contributed by atoms with E-state index in [1.54, 1.807) is 24.3 Å². The smallest absolute Gasteiger partial charge is 0.387 e. The van der Waals surface area contributed by atoms with E-state index in [4.69, 9.17) is 9.47 Å². The number of fused-ring (bicyclic) bond motifs is 1.